The van der Waals surface area contributed by atoms with Crippen LogP contribution in [0.3, 0.4) is 0 Å². The van der Waals surface area contributed by atoms with Gasteiger partial charge in [-0.2, -0.15) is 10.2 Å². The molecule has 0 saturated heterocycles. The number of carbonyl (C=O) groups excluding carboxylic acids is 1. The predicted molar refractivity (Wildman–Crippen MR) is 120 cm³/mol. The summed E-state index contributed by atoms with van der Waals surface area (Å²) in [6, 6.07) is 17.0. The number of fused-ring (bicyclic) bond motifs is 1. The molecule has 0 fully saturated rings. The summed E-state index contributed by atoms with van der Waals surface area (Å²) >= 11 is 0. The van der Waals surface area contributed by atoms with Gasteiger partial charge in [0, 0.05) is 37.3 Å². The lowest BCUT2D eigenvalue weighted by Crippen LogP contribution is -2.32. The molecule has 1 amide bonds. The Morgan fingerprint density at radius 2 is 1.74 bits per heavy atom. The van der Waals surface area contributed by atoms with Gasteiger partial charge in [0.25, 0.3) is 11.5 Å². The van der Waals surface area contributed by atoms with Crippen LogP contribution < -0.4 is 5.56 Å². The maximum absolute atomic E-state index is 13.3. The van der Waals surface area contributed by atoms with Crippen LogP contribution in [0.1, 0.15) is 35.8 Å². The molecule has 0 unspecified atom stereocenters. The average Bonchev–Trinajstić information content (AvgIpc) is 3.27. The number of unbranched alkanes of at least 4 members (excludes halogenated alkanes) is 1. The Kier molecular flexibility index (Phi) is 5.93. The zero-order valence-corrected chi connectivity index (χ0v) is 17.7. The number of carbonyl (C=O) groups is 1. The maximum Gasteiger partial charge on any atom is 0.274 e. The van der Waals surface area contributed by atoms with Crippen LogP contribution in [0.2, 0.25) is 0 Å². The molecule has 0 saturated carbocycles. The van der Waals surface area contributed by atoms with Crippen molar-refractivity contribution in [3.8, 4) is 5.69 Å². The monoisotopic (exact) mass is 415 g/mol. The number of benzene rings is 2. The van der Waals surface area contributed by atoms with E-state index in [0.29, 0.717) is 29.6 Å². The van der Waals surface area contributed by atoms with E-state index in [4.69, 9.17) is 0 Å². The van der Waals surface area contributed by atoms with Gasteiger partial charge in [-0.1, -0.05) is 49.7 Å². The third kappa shape index (κ3) is 4.26. The second kappa shape index (κ2) is 8.95. The summed E-state index contributed by atoms with van der Waals surface area (Å²) in [4.78, 5) is 27.7. The van der Waals surface area contributed by atoms with Gasteiger partial charge in [-0.15, -0.1) is 0 Å². The molecule has 4 aromatic rings. The molecule has 0 radical (unpaired) electrons. The van der Waals surface area contributed by atoms with Crippen molar-refractivity contribution in [3.63, 3.8) is 0 Å². The fourth-order valence-electron chi connectivity index (χ4n) is 3.54. The molecule has 2 heterocycles. The summed E-state index contributed by atoms with van der Waals surface area (Å²) in [5.74, 6) is -0.228. The zero-order valence-electron chi connectivity index (χ0n) is 17.7. The summed E-state index contributed by atoms with van der Waals surface area (Å²) in [5, 5.41) is 9.94. The molecule has 2 aromatic heterocycles. The number of aromatic nitrogens is 4. The topological polar surface area (TPSA) is 73.0 Å². The van der Waals surface area contributed by atoms with E-state index < -0.39 is 0 Å². The van der Waals surface area contributed by atoms with Crippen molar-refractivity contribution < 1.29 is 4.79 Å². The first-order chi connectivity index (χ1) is 15.1. The Bertz CT molecular complexity index is 1260. The molecule has 4 rings (SSSR count). The predicted octanol–water partition coefficient (Wildman–Crippen LogP) is 3.65. The Morgan fingerprint density at radius 1 is 1.03 bits per heavy atom. The molecular formula is C24H25N5O2. The number of nitrogens with zero attached hydrogens (tertiary/aromatic N) is 5. The summed E-state index contributed by atoms with van der Waals surface area (Å²) in [5.41, 5.74) is 2.00. The van der Waals surface area contributed by atoms with Crippen molar-refractivity contribution in [2.24, 2.45) is 0 Å². The fraction of sp³-hybridized carbons (Fsp3) is 0.250. The van der Waals surface area contributed by atoms with Crippen molar-refractivity contribution >= 4 is 16.7 Å². The van der Waals surface area contributed by atoms with Crippen LogP contribution in [0.15, 0.2) is 71.8 Å². The number of amides is 1. The van der Waals surface area contributed by atoms with E-state index in [-0.39, 0.29) is 11.5 Å². The minimum absolute atomic E-state index is 0.160. The lowest BCUT2D eigenvalue weighted by Gasteiger charge is -2.18. The highest BCUT2D eigenvalue weighted by Crippen LogP contribution is 2.17. The molecule has 0 spiro atoms. The first-order valence-corrected chi connectivity index (χ1v) is 10.4. The van der Waals surface area contributed by atoms with E-state index >= 15 is 0 Å². The Labute approximate surface area is 180 Å². The Morgan fingerprint density at radius 3 is 2.48 bits per heavy atom. The standard InChI is InChI=1S/C24H25N5O2/c1-3-4-14-28-23(30)21-13-9-8-12-20(21)22(26-28)24(31)27(2)16-18-15-25-29(17-18)19-10-6-5-7-11-19/h5-13,15,17H,3-4,14,16H2,1-2H3. The summed E-state index contributed by atoms with van der Waals surface area (Å²) in [6.45, 7) is 2.94. The lowest BCUT2D eigenvalue weighted by atomic mass is 10.1. The Balaban J connectivity index is 1.62. The van der Waals surface area contributed by atoms with Gasteiger partial charge in [0.2, 0.25) is 0 Å². The van der Waals surface area contributed by atoms with Crippen LogP contribution in [0.5, 0.6) is 0 Å². The second-order valence-corrected chi connectivity index (χ2v) is 7.57. The van der Waals surface area contributed by atoms with Crippen LogP contribution >= 0.6 is 0 Å². The van der Waals surface area contributed by atoms with Gasteiger partial charge in [0.15, 0.2) is 5.69 Å². The first kappa shape index (κ1) is 20.5. The second-order valence-electron chi connectivity index (χ2n) is 7.57. The van der Waals surface area contributed by atoms with Gasteiger partial charge in [-0.05, 0) is 24.6 Å². The maximum atomic E-state index is 13.3. The van der Waals surface area contributed by atoms with E-state index in [1.54, 1.807) is 35.0 Å². The highest BCUT2D eigenvalue weighted by molar-refractivity contribution is 6.04. The van der Waals surface area contributed by atoms with E-state index in [1.165, 1.54) is 4.68 Å². The number of aryl methyl sites for hydroxylation is 1. The molecule has 0 N–H and O–H groups in total. The molecule has 0 aliphatic rings. The van der Waals surface area contributed by atoms with Gasteiger partial charge < -0.3 is 4.90 Å². The van der Waals surface area contributed by atoms with Crippen molar-refractivity contribution in [2.75, 3.05) is 7.05 Å². The summed E-state index contributed by atoms with van der Waals surface area (Å²) < 4.78 is 3.20. The van der Waals surface area contributed by atoms with Crippen molar-refractivity contribution in [2.45, 2.75) is 32.9 Å². The molecule has 0 aliphatic carbocycles. The van der Waals surface area contributed by atoms with Gasteiger partial charge >= 0.3 is 0 Å². The highest BCUT2D eigenvalue weighted by Gasteiger charge is 2.20. The smallest absolute Gasteiger partial charge is 0.274 e. The van der Waals surface area contributed by atoms with Crippen LogP contribution in [0, 0.1) is 0 Å². The van der Waals surface area contributed by atoms with Crippen LogP contribution in [-0.2, 0) is 13.1 Å². The number of para-hydroxylation sites is 1. The number of hydrogen-bond acceptors (Lipinski definition) is 4. The number of hydrogen-bond donors (Lipinski definition) is 0. The summed E-state index contributed by atoms with van der Waals surface area (Å²) in [6.07, 6.45) is 5.43. The van der Waals surface area contributed by atoms with Crippen molar-refractivity contribution in [1.29, 1.82) is 0 Å². The molecule has 0 atom stereocenters. The molecule has 31 heavy (non-hydrogen) atoms. The molecule has 158 valence electrons. The van der Waals surface area contributed by atoms with Crippen LogP contribution in [-0.4, -0.2) is 37.4 Å². The highest BCUT2D eigenvalue weighted by atomic mass is 16.2. The first-order valence-electron chi connectivity index (χ1n) is 10.4. The Hall–Kier alpha value is -3.74. The molecular weight excluding hydrogens is 390 g/mol. The van der Waals surface area contributed by atoms with Crippen LogP contribution in [0.4, 0.5) is 0 Å². The van der Waals surface area contributed by atoms with E-state index in [1.807, 2.05) is 48.7 Å². The SMILES string of the molecule is CCCCn1nc(C(=O)N(C)Cc2cnn(-c3ccccc3)c2)c2ccccc2c1=O. The van der Waals surface area contributed by atoms with E-state index in [9.17, 15) is 9.59 Å². The molecule has 7 heteroatoms. The lowest BCUT2D eigenvalue weighted by molar-refractivity contribution is 0.0778. The van der Waals surface area contributed by atoms with Gasteiger partial charge in [-0.25, -0.2) is 9.36 Å². The fourth-order valence-corrected chi connectivity index (χ4v) is 3.54. The van der Waals surface area contributed by atoms with E-state index in [0.717, 1.165) is 24.1 Å². The van der Waals surface area contributed by atoms with Gasteiger partial charge in [0.05, 0.1) is 17.3 Å². The zero-order chi connectivity index (χ0) is 21.8. The molecule has 7 nitrogen and oxygen atoms in total. The van der Waals surface area contributed by atoms with Crippen molar-refractivity contribution in [1.82, 2.24) is 24.5 Å². The molecule has 0 aliphatic heterocycles. The third-order valence-electron chi connectivity index (χ3n) is 5.22. The third-order valence-corrected chi connectivity index (χ3v) is 5.22. The molecule has 0 bridgehead atoms. The minimum Gasteiger partial charge on any atom is -0.336 e. The number of rotatable bonds is 7. The molecule has 2 aromatic carbocycles. The minimum atomic E-state index is -0.228. The largest absolute Gasteiger partial charge is 0.336 e. The quantitative estimate of drug-likeness (QED) is 0.462. The van der Waals surface area contributed by atoms with E-state index in [2.05, 4.69) is 17.1 Å². The van der Waals surface area contributed by atoms with Gasteiger partial charge in [-0.3, -0.25) is 9.59 Å². The average molecular weight is 415 g/mol. The van der Waals surface area contributed by atoms with Gasteiger partial charge in [0.1, 0.15) is 0 Å². The normalized spacial score (nSPS) is 11.0. The summed E-state index contributed by atoms with van der Waals surface area (Å²) in [7, 11) is 1.74. The van der Waals surface area contributed by atoms with Crippen molar-refractivity contribution in [3.05, 3.63) is 88.6 Å². The van der Waals surface area contributed by atoms with Crippen LogP contribution in [0.25, 0.3) is 16.5 Å².